The van der Waals surface area contributed by atoms with Crippen LogP contribution in [0.15, 0.2) is 46.4 Å². The van der Waals surface area contributed by atoms with Gasteiger partial charge in [-0.15, -0.1) is 0 Å². The van der Waals surface area contributed by atoms with Crippen LogP contribution in [-0.2, 0) is 9.59 Å². The van der Waals surface area contributed by atoms with E-state index >= 15 is 4.39 Å². The minimum absolute atomic E-state index is 0.0133. The van der Waals surface area contributed by atoms with Gasteiger partial charge in [0, 0.05) is 27.8 Å². The second kappa shape index (κ2) is 8.65. The number of carbonyl (C=O) groups is 2. The maximum Gasteiger partial charge on any atom is 0.270 e. The fourth-order valence-corrected chi connectivity index (χ4v) is 5.56. The predicted octanol–water partition coefficient (Wildman–Crippen LogP) is 5.53. The molecule has 2 aliphatic heterocycles. The van der Waals surface area contributed by atoms with Crippen molar-refractivity contribution in [2.75, 3.05) is 16.3 Å². The topological polar surface area (TPSA) is 52.7 Å². The summed E-state index contributed by atoms with van der Waals surface area (Å²) < 4.78 is 16.0. The zero-order chi connectivity index (χ0) is 24.1. The lowest BCUT2D eigenvalue weighted by atomic mass is 9.79. The summed E-state index contributed by atoms with van der Waals surface area (Å²) in [6.07, 6.45) is 2.24. The fraction of sp³-hybridized carbons (Fsp3) is 0.320. The van der Waals surface area contributed by atoms with Crippen LogP contribution in [0.25, 0.3) is 6.08 Å². The van der Waals surface area contributed by atoms with Crippen molar-refractivity contribution in [1.29, 1.82) is 0 Å². The van der Waals surface area contributed by atoms with Gasteiger partial charge in [0.25, 0.3) is 11.8 Å². The summed E-state index contributed by atoms with van der Waals surface area (Å²) in [6, 6.07) is 10.3. The molecule has 2 aromatic rings. The third-order valence-corrected chi connectivity index (χ3v) is 7.07. The second-order valence-electron chi connectivity index (χ2n) is 9.03. The highest BCUT2D eigenvalue weighted by atomic mass is 79.9. The van der Waals surface area contributed by atoms with Gasteiger partial charge in [0.1, 0.15) is 11.4 Å². The number of fused-ring (bicyclic) bond motifs is 1. The molecule has 8 heteroatoms. The molecule has 2 aliphatic rings. The Balaban J connectivity index is 1.78. The van der Waals surface area contributed by atoms with Gasteiger partial charge in [0.15, 0.2) is 5.11 Å². The molecule has 0 bridgehead atoms. The van der Waals surface area contributed by atoms with E-state index in [-0.39, 0.29) is 27.7 Å². The van der Waals surface area contributed by atoms with Crippen LogP contribution in [0.3, 0.4) is 0 Å². The number of thiocarbonyl (C=S) groups is 1. The maximum atomic E-state index is 15.3. The van der Waals surface area contributed by atoms with Crippen LogP contribution < -0.4 is 15.1 Å². The molecule has 33 heavy (non-hydrogen) atoms. The van der Waals surface area contributed by atoms with Gasteiger partial charge in [-0.2, -0.15) is 0 Å². The van der Waals surface area contributed by atoms with Crippen molar-refractivity contribution in [3.05, 3.63) is 63.4 Å². The van der Waals surface area contributed by atoms with Gasteiger partial charge in [-0.1, -0.05) is 28.9 Å². The van der Waals surface area contributed by atoms with Crippen molar-refractivity contribution in [3.8, 4) is 0 Å². The molecule has 1 fully saturated rings. The zero-order valence-corrected chi connectivity index (χ0v) is 21.3. The molecule has 0 radical (unpaired) electrons. The van der Waals surface area contributed by atoms with E-state index in [1.54, 1.807) is 24.3 Å². The molecule has 2 aromatic carbocycles. The van der Waals surface area contributed by atoms with E-state index in [1.807, 2.05) is 6.07 Å². The molecule has 4 rings (SSSR count). The molecule has 2 heterocycles. The van der Waals surface area contributed by atoms with Crippen molar-refractivity contribution in [2.45, 2.75) is 45.6 Å². The molecule has 0 aliphatic carbocycles. The monoisotopic (exact) mass is 529 g/mol. The summed E-state index contributed by atoms with van der Waals surface area (Å²) >= 11 is 8.63. The number of nitrogens with zero attached hydrogens (tertiary/aromatic N) is 2. The third kappa shape index (κ3) is 4.22. The van der Waals surface area contributed by atoms with Crippen molar-refractivity contribution in [3.63, 3.8) is 0 Å². The Kier molecular flexibility index (Phi) is 6.18. The highest BCUT2D eigenvalue weighted by Gasteiger charge is 2.37. The first-order valence-electron chi connectivity index (χ1n) is 10.8. The predicted molar refractivity (Wildman–Crippen MR) is 137 cm³/mol. The van der Waals surface area contributed by atoms with Crippen molar-refractivity contribution >= 4 is 62.5 Å². The van der Waals surface area contributed by atoms with Gasteiger partial charge in [0.05, 0.1) is 5.69 Å². The molecule has 5 nitrogen and oxygen atoms in total. The average Bonchev–Trinajstić information content (AvgIpc) is 2.71. The van der Waals surface area contributed by atoms with Crippen LogP contribution in [0.5, 0.6) is 0 Å². The first-order valence-corrected chi connectivity index (χ1v) is 12.0. The third-order valence-electron chi connectivity index (χ3n) is 6.29. The van der Waals surface area contributed by atoms with E-state index in [4.69, 9.17) is 12.2 Å². The molecule has 0 saturated carbocycles. The van der Waals surface area contributed by atoms with E-state index < -0.39 is 17.6 Å². The van der Waals surface area contributed by atoms with Gasteiger partial charge < -0.3 is 4.90 Å². The minimum atomic E-state index is -0.641. The summed E-state index contributed by atoms with van der Waals surface area (Å²) in [7, 11) is 0. The lowest BCUT2D eigenvalue weighted by Gasteiger charge is -2.47. The van der Waals surface area contributed by atoms with Gasteiger partial charge in [0.2, 0.25) is 0 Å². The summed E-state index contributed by atoms with van der Waals surface area (Å²) in [5, 5.41) is 2.54. The Labute approximate surface area is 206 Å². The normalized spacial score (nSPS) is 21.3. The van der Waals surface area contributed by atoms with Crippen molar-refractivity contribution in [2.24, 2.45) is 0 Å². The number of anilines is 2. The Hall–Kier alpha value is -2.58. The second-order valence-corrected chi connectivity index (χ2v) is 10.3. The highest BCUT2D eigenvalue weighted by Crippen LogP contribution is 2.44. The number of benzene rings is 2. The van der Waals surface area contributed by atoms with Crippen molar-refractivity contribution in [1.82, 2.24) is 5.32 Å². The lowest BCUT2D eigenvalue weighted by Crippen LogP contribution is -2.54. The molecule has 1 unspecified atom stereocenters. The van der Waals surface area contributed by atoms with Crippen LogP contribution in [-0.4, -0.2) is 29.0 Å². The molecule has 0 spiro atoms. The molecule has 1 atom stereocenters. The van der Waals surface area contributed by atoms with E-state index in [0.29, 0.717) is 5.69 Å². The SMILES string of the molecule is CCN1c2cc(F)c(/C=C3/C(=O)NC(=S)N(c4cccc(Br)c4)C3=O)cc2C(C)CC1(C)C. The first kappa shape index (κ1) is 23.6. The Morgan fingerprint density at radius 2 is 2.00 bits per heavy atom. The highest BCUT2D eigenvalue weighted by molar-refractivity contribution is 9.10. The van der Waals surface area contributed by atoms with E-state index in [2.05, 4.69) is 53.8 Å². The van der Waals surface area contributed by atoms with Crippen LogP contribution in [0, 0.1) is 5.82 Å². The molecule has 0 aromatic heterocycles. The van der Waals surface area contributed by atoms with Gasteiger partial charge in [-0.25, -0.2) is 4.39 Å². The van der Waals surface area contributed by atoms with Crippen LogP contribution in [0.4, 0.5) is 15.8 Å². The fourth-order valence-electron chi connectivity index (χ4n) is 4.89. The summed E-state index contributed by atoms with van der Waals surface area (Å²) in [4.78, 5) is 29.4. The number of amides is 2. The summed E-state index contributed by atoms with van der Waals surface area (Å²) in [5.74, 6) is -1.51. The van der Waals surface area contributed by atoms with Gasteiger partial charge in [-0.05, 0) is 87.3 Å². The van der Waals surface area contributed by atoms with E-state index in [1.165, 1.54) is 17.0 Å². The minimum Gasteiger partial charge on any atom is -0.366 e. The summed E-state index contributed by atoms with van der Waals surface area (Å²) in [5.41, 5.74) is 2.32. The van der Waals surface area contributed by atoms with E-state index in [0.717, 1.165) is 28.7 Å². The molecular formula is C25H25BrFN3O2S. The van der Waals surface area contributed by atoms with Crippen LogP contribution in [0.1, 0.15) is 51.2 Å². The smallest absolute Gasteiger partial charge is 0.270 e. The standard InChI is InChI=1S/C25H25BrFN3O2S/c1-5-29-21-12-20(27)15(9-18(21)14(2)13-25(29,3)4)10-19-22(31)28-24(33)30(23(19)32)17-8-6-7-16(26)11-17/h6-12,14H,5,13H2,1-4H3,(H,28,31,33)/b19-10-. The molecule has 1 saturated heterocycles. The first-order chi connectivity index (χ1) is 15.5. The van der Waals surface area contributed by atoms with Gasteiger partial charge in [-0.3, -0.25) is 19.8 Å². The van der Waals surface area contributed by atoms with Crippen molar-refractivity contribution < 1.29 is 14.0 Å². The molecule has 1 N–H and O–H groups in total. The number of halogens is 2. The molecule has 2 amide bonds. The molecule has 172 valence electrons. The Bertz CT molecular complexity index is 1210. The Morgan fingerprint density at radius 3 is 2.67 bits per heavy atom. The Morgan fingerprint density at radius 1 is 1.27 bits per heavy atom. The van der Waals surface area contributed by atoms with Crippen LogP contribution in [0.2, 0.25) is 0 Å². The zero-order valence-electron chi connectivity index (χ0n) is 18.9. The summed E-state index contributed by atoms with van der Waals surface area (Å²) in [6.45, 7) is 9.25. The van der Waals surface area contributed by atoms with Crippen LogP contribution >= 0.6 is 28.1 Å². The lowest BCUT2D eigenvalue weighted by molar-refractivity contribution is -0.122. The number of nitrogens with one attached hydrogen (secondary N) is 1. The maximum absolute atomic E-state index is 15.3. The number of rotatable bonds is 3. The molecular weight excluding hydrogens is 505 g/mol. The number of hydrogen-bond acceptors (Lipinski definition) is 4. The van der Waals surface area contributed by atoms with Gasteiger partial charge >= 0.3 is 0 Å². The van der Waals surface area contributed by atoms with E-state index in [9.17, 15) is 9.59 Å². The largest absolute Gasteiger partial charge is 0.366 e. The quantitative estimate of drug-likeness (QED) is 0.322. The average molecular weight is 530 g/mol. The number of hydrogen-bond donors (Lipinski definition) is 1. The number of carbonyl (C=O) groups excluding carboxylic acids is 2.